The molecule has 1 aliphatic heterocycles. The van der Waals surface area contributed by atoms with Gasteiger partial charge in [-0.3, -0.25) is 9.59 Å². The van der Waals surface area contributed by atoms with E-state index in [1.165, 1.54) is 0 Å². The minimum absolute atomic E-state index is 0.113. The summed E-state index contributed by atoms with van der Waals surface area (Å²) in [5.74, 6) is -0.0461. The van der Waals surface area contributed by atoms with E-state index in [1.54, 1.807) is 0 Å². The monoisotopic (exact) mass is 368 g/mol. The van der Waals surface area contributed by atoms with Crippen LogP contribution in [0.25, 0.3) is 10.9 Å². The highest BCUT2D eigenvalue weighted by Gasteiger charge is 2.53. The molecule has 6 nitrogen and oxygen atoms in total. The fourth-order valence-electron chi connectivity index (χ4n) is 4.24. The predicted molar refractivity (Wildman–Crippen MR) is 100 cm³/mol. The first-order valence-corrected chi connectivity index (χ1v) is 9.56. The molecule has 1 N–H and O–H groups in total. The lowest BCUT2D eigenvalue weighted by Gasteiger charge is -2.27. The fourth-order valence-corrected chi connectivity index (χ4v) is 4.24. The van der Waals surface area contributed by atoms with Crippen LogP contribution in [-0.2, 0) is 14.3 Å². The van der Waals surface area contributed by atoms with Crippen LogP contribution in [0.1, 0.15) is 37.8 Å². The standard InChI is InChI=1S/C21H24N2O4/c1-14-7-8-15-5-4-6-17(19(15)23-14)26-12-11-22-20(25)16-13-18(24)27-21(16)9-2-3-10-21/h4-8,16H,2-3,9-13H2,1H3,(H,22,25)/t16-/m0/s1. The van der Waals surface area contributed by atoms with Crippen molar-refractivity contribution in [3.63, 3.8) is 0 Å². The van der Waals surface area contributed by atoms with Crippen LogP contribution < -0.4 is 10.1 Å². The topological polar surface area (TPSA) is 77.5 Å². The van der Waals surface area contributed by atoms with E-state index < -0.39 is 5.60 Å². The molecule has 2 aliphatic rings. The summed E-state index contributed by atoms with van der Waals surface area (Å²) in [6.07, 6.45) is 3.77. The molecule has 1 spiro atoms. The Hall–Kier alpha value is -2.63. The molecule has 27 heavy (non-hydrogen) atoms. The van der Waals surface area contributed by atoms with Gasteiger partial charge in [0.15, 0.2) is 0 Å². The Labute approximate surface area is 158 Å². The zero-order chi connectivity index (χ0) is 18.9. The number of para-hydroxylation sites is 1. The number of hydrogen-bond acceptors (Lipinski definition) is 5. The molecule has 1 amide bonds. The third kappa shape index (κ3) is 3.48. The van der Waals surface area contributed by atoms with Gasteiger partial charge in [0, 0.05) is 11.1 Å². The third-order valence-electron chi connectivity index (χ3n) is 5.57. The maximum atomic E-state index is 12.6. The maximum absolute atomic E-state index is 12.6. The molecule has 0 unspecified atom stereocenters. The van der Waals surface area contributed by atoms with Gasteiger partial charge in [-0.1, -0.05) is 18.2 Å². The SMILES string of the molecule is Cc1ccc2cccc(OCCNC(=O)[C@@H]3CC(=O)OC34CCCC4)c2n1. The van der Waals surface area contributed by atoms with Crippen LogP contribution in [0.2, 0.25) is 0 Å². The Morgan fingerprint density at radius 3 is 2.93 bits per heavy atom. The summed E-state index contributed by atoms with van der Waals surface area (Å²) < 4.78 is 11.4. The van der Waals surface area contributed by atoms with Gasteiger partial charge >= 0.3 is 5.97 Å². The zero-order valence-corrected chi connectivity index (χ0v) is 15.5. The molecule has 6 heteroatoms. The van der Waals surface area contributed by atoms with Crippen molar-refractivity contribution in [2.75, 3.05) is 13.2 Å². The summed E-state index contributed by atoms with van der Waals surface area (Å²) in [6.45, 7) is 2.66. The number of rotatable bonds is 5. The maximum Gasteiger partial charge on any atom is 0.307 e. The first kappa shape index (κ1) is 17.8. The van der Waals surface area contributed by atoms with Crippen LogP contribution in [-0.4, -0.2) is 35.6 Å². The van der Waals surface area contributed by atoms with Crippen molar-refractivity contribution in [2.24, 2.45) is 5.92 Å². The van der Waals surface area contributed by atoms with Crippen molar-refractivity contribution in [3.8, 4) is 5.75 Å². The van der Waals surface area contributed by atoms with Gasteiger partial charge in [-0.2, -0.15) is 0 Å². The number of hydrogen-bond donors (Lipinski definition) is 1. The number of nitrogens with zero attached hydrogens (tertiary/aromatic N) is 1. The number of aromatic nitrogens is 1. The average Bonchev–Trinajstić information content (AvgIpc) is 3.25. The second-order valence-electron chi connectivity index (χ2n) is 7.42. The molecule has 1 atom stereocenters. The second-order valence-corrected chi connectivity index (χ2v) is 7.42. The molecule has 1 aromatic heterocycles. The molecule has 142 valence electrons. The minimum atomic E-state index is -0.570. The molecule has 0 radical (unpaired) electrons. The normalized spacial score (nSPS) is 20.8. The van der Waals surface area contributed by atoms with E-state index in [1.807, 2.05) is 37.3 Å². The van der Waals surface area contributed by atoms with E-state index >= 15 is 0 Å². The van der Waals surface area contributed by atoms with E-state index in [4.69, 9.17) is 9.47 Å². The van der Waals surface area contributed by atoms with Gasteiger partial charge in [-0.25, -0.2) is 4.98 Å². The molecule has 1 saturated carbocycles. The van der Waals surface area contributed by atoms with Crippen LogP contribution >= 0.6 is 0 Å². The summed E-state index contributed by atoms with van der Waals surface area (Å²) in [4.78, 5) is 28.9. The Morgan fingerprint density at radius 2 is 2.11 bits per heavy atom. The number of amides is 1. The molecule has 2 fully saturated rings. The highest BCUT2D eigenvalue weighted by atomic mass is 16.6. The summed E-state index contributed by atoms with van der Waals surface area (Å²) in [5.41, 5.74) is 1.18. The quantitative estimate of drug-likeness (QED) is 0.649. The van der Waals surface area contributed by atoms with Gasteiger partial charge in [0.05, 0.1) is 18.9 Å². The highest BCUT2D eigenvalue weighted by molar-refractivity contribution is 5.88. The lowest BCUT2D eigenvalue weighted by atomic mass is 9.85. The van der Waals surface area contributed by atoms with Crippen molar-refractivity contribution in [1.82, 2.24) is 10.3 Å². The lowest BCUT2D eigenvalue weighted by Crippen LogP contribution is -2.43. The van der Waals surface area contributed by atoms with Gasteiger partial charge in [-0.05, 0) is 44.7 Å². The molecule has 4 rings (SSSR count). The number of fused-ring (bicyclic) bond motifs is 1. The molecule has 0 bridgehead atoms. The molecule has 1 saturated heterocycles. The van der Waals surface area contributed by atoms with Gasteiger partial charge in [0.25, 0.3) is 0 Å². The van der Waals surface area contributed by atoms with E-state index in [9.17, 15) is 9.59 Å². The molecular formula is C21H24N2O4. The van der Waals surface area contributed by atoms with Gasteiger partial charge in [0.1, 0.15) is 23.5 Å². The second kappa shape index (κ2) is 7.18. The van der Waals surface area contributed by atoms with E-state index in [2.05, 4.69) is 10.3 Å². The van der Waals surface area contributed by atoms with Crippen LogP contribution in [0.3, 0.4) is 0 Å². The smallest absolute Gasteiger partial charge is 0.307 e. The number of benzene rings is 1. The fraction of sp³-hybridized carbons (Fsp3) is 0.476. The highest BCUT2D eigenvalue weighted by Crippen LogP contribution is 2.45. The van der Waals surface area contributed by atoms with Crippen LogP contribution in [0.15, 0.2) is 30.3 Å². The third-order valence-corrected chi connectivity index (χ3v) is 5.57. The van der Waals surface area contributed by atoms with Crippen molar-refractivity contribution >= 4 is 22.8 Å². The molecule has 2 heterocycles. The van der Waals surface area contributed by atoms with Crippen LogP contribution in [0, 0.1) is 12.8 Å². The van der Waals surface area contributed by atoms with Gasteiger partial charge < -0.3 is 14.8 Å². The van der Waals surface area contributed by atoms with Crippen LogP contribution in [0.5, 0.6) is 5.75 Å². The van der Waals surface area contributed by atoms with E-state index in [0.29, 0.717) is 18.9 Å². The van der Waals surface area contributed by atoms with Crippen LogP contribution in [0.4, 0.5) is 0 Å². The molecule has 1 aliphatic carbocycles. The molecule has 2 aromatic rings. The van der Waals surface area contributed by atoms with Gasteiger partial charge in [-0.15, -0.1) is 0 Å². The number of ether oxygens (including phenoxy) is 2. The first-order chi connectivity index (χ1) is 13.1. The first-order valence-electron chi connectivity index (χ1n) is 9.56. The Bertz CT molecular complexity index is 874. The Balaban J connectivity index is 1.35. The minimum Gasteiger partial charge on any atom is -0.489 e. The summed E-state index contributed by atoms with van der Waals surface area (Å²) in [6, 6.07) is 9.79. The zero-order valence-electron chi connectivity index (χ0n) is 15.5. The van der Waals surface area contributed by atoms with Crippen molar-refractivity contribution in [1.29, 1.82) is 0 Å². The summed E-state index contributed by atoms with van der Waals surface area (Å²) >= 11 is 0. The largest absolute Gasteiger partial charge is 0.489 e. The van der Waals surface area contributed by atoms with Crippen molar-refractivity contribution in [2.45, 2.75) is 44.6 Å². The van der Waals surface area contributed by atoms with Crippen molar-refractivity contribution < 1.29 is 19.1 Å². The van der Waals surface area contributed by atoms with E-state index in [0.717, 1.165) is 42.3 Å². The number of aryl methyl sites for hydroxylation is 1. The number of carbonyl (C=O) groups is 2. The summed E-state index contributed by atoms with van der Waals surface area (Å²) in [5, 5.41) is 3.93. The lowest BCUT2D eigenvalue weighted by molar-refractivity contribution is -0.149. The summed E-state index contributed by atoms with van der Waals surface area (Å²) in [7, 11) is 0. The predicted octanol–water partition coefficient (Wildman–Crippen LogP) is 2.91. The average molecular weight is 368 g/mol. The molecule has 1 aromatic carbocycles. The Kier molecular flexibility index (Phi) is 4.72. The number of nitrogens with one attached hydrogen (secondary N) is 1. The molecular weight excluding hydrogens is 344 g/mol. The number of esters is 1. The van der Waals surface area contributed by atoms with E-state index in [-0.39, 0.29) is 24.2 Å². The van der Waals surface area contributed by atoms with Gasteiger partial charge in [0.2, 0.25) is 5.91 Å². The number of carbonyl (C=O) groups excluding carboxylic acids is 2. The number of pyridine rings is 1. The van der Waals surface area contributed by atoms with Crippen molar-refractivity contribution in [3.05, 3.63) is 36.0 Å². The Morgan fingerprint density at radius 1 is 1.30 bits per heavy atom.